The van der Waals surface area contributed by atoms with E-state index >= 15 is 0 Å². The number of aromatic nitrogens is 3. The van der Waals surface area contributed by atoms with E-state index in [0.29, 0.717) is 17.1 Å². The highest BCUT2D eigenvalue weighted by molar-refractivity contribution is 5.92. The van der Waals surface area contributed by atoms with Gasteiger partial charge in [0.25, 0.3) is 5.89 Å². The van der Waals surface area contributed by atoms with Crippen molar-refractivity contribution < 1.29 is 23.6 Å². The summed E-state index contributed by atoms with van der Waals surface area (Å²) in [6.07, 6.45) is 1.88. The van der Waals surface area contributed by atoms with E-state index in [1.165, 1.54) is 6.07 Å². The van der Waals surface area contributed by atoms with Crippen molar-refractivity contribution in [3.8, 4) is 11.4 Å². The van der Waals surface area contributed by atoms with Crippen LogP contribution in [0.5, 0.6) is 0 Å². The Morgan fingerprint density at radius 2 is 2.11 bits per heavy atom. The minimum Gasteiger partial charge on any atom is -0.450 e. The number of hydrogen-bond acceptors (Lipinski definition) is 8. The van der Waals surface area contributed by atoms with Crippen LogP contribution < -0.4 is 5.32 Å². The molecule has 1 atom stereocenters. The molecule has 2 heterocycles. The number of anilines is 1. The SMILES string of the molecule is CCOC(=O)Nc1cccc(C(=O)OC(C)c2nc(-c3cccnc3)no2)c1. The Bertz CT molecular complexity index is 958. The van der Waals surface area contributed by atoms with Crippen LogP contribution in [0.1, 0.15) is 36.2 Å². The van der Waals surface area contributed by atoms with Crippen LogP contribution in [0.25, 0.3) is 11.4 Å². The summed E-state index contributed by atoms with van der Waals surface area (Å²) < 4.78 is 15.4. The van der Waals surface area contributed by atoms with Crippen molar-refractivity contribution in [2.75, 3.05) is 11.9 Å². The Kier molecular flexibility index (Phi) is 5.95. The Balaban J connectivity index is 1.66. The number of pyridine rings is 1. The fourth-order valence-electron chi connectivity index (χ4n) is 2.30. The van der Waals surface area contributed by atoms with Crippen LogP contribution in [0, 0.1) is 0 Å². The van der Waals surface area contributed by atoms with Crippen LogP contribution in [0.4, 0.5) is 10.5 Å². The molecule has 9 heteroatoms. The normalized spacial score (nSPS) is 11.5. The number of rotatable bonds is 6. The Morgan fingerprint density at radius 1 is 1.25 bits per heavy atom. The molecular weight excluding hydrogens is 364 g/mol. The molecule has 144 valence electrons. The van der Waals surface area contributed by atoms with E-state index < -0.39 is 18.2 Å². The van der Waals surface area contributed by atoms with Crippen molar-refractivity contribution in [2.45, 2.75) is 20.0 Å². The van der Waals surface area contributed by atoms with Crippen LogP contribution >= 0.6 is 0 Å². The third-order valence-electron chi connectivity index (χ3n) is 3.61. The van der Waals surface area contributed by atoms with Gasteiger partial charge in [-0.3, -0.25) is 10.3 Å². The summed E-state index contributed by atoms with van der Waals surface area (Å²) >= 11 is 0. The minimum atomic E-state index is -0.757. The second kappa shape index (κ2) is 8.76. The van der Waals surface area contributed by atoms with Gasteiger partial charge in [0.1, 0.15) is 0 Å². The number of benzene rings is 1. The molecule has 3 rings (SSSR count). The average molecular weight is 382 g/mol. The van der Waals surface area contributed by atoms with Gasteiger partial charge in [0.15, 0.2) is 6.10 Å². The predicted molar refractivity (Wildman–Crippen MR) is 98.4 cm³/mol. The van der Waals surface area contributed by atoms with Gasteiger partial charge in [-0.05, 0) is 44.2 Å². The van der Waals surface area contributed by atoms with Gasteiger partial charge in [0.05, 0.1) is 12.2 Å². The highest BCUT2D eigenvalue weighted by Gasteiger charge is 2.20. The van der Waals surface area contributed by atoms with E-state index in [4.69, 9.17) is 14.0 Å². The largest absolute Gasteiger partial charge is 0.450 e. The topological polar surface area (TPSA) is 116 Å². The smallest absolute Gasteiger partial charge is 0.411 e. The van der Waals surface area contributed by atoms with Gasteiger partial charge in [-0.25, -0.2) is 9.59 Å². The molecule has 0 fully saturated rings. The number of ether oxygens (including phenoxy) is 2. The monoisotopic (exact) mass is 382 g/mol. The first-order valence-electron chi connectivity index (χ1n) is 8.55. The summed E-state index contributed by atoms with van der Waals surface area (Å²) in [6.45, 7) is 3.57. The summed E-state index contributed by atoms with van der Waals surface area (Å²) in [5.74, 6) is -0.0826. The zero-order chi connectivity index (χ0) is 19.9. The number of nitrogens with one attached hydrogen (secondary N) is 1. The molecule has 0 spiro atoms. The fraction of sp³-hybridized carbons (Fsp3) is 0.211. The number of amides is 1. The summed E-state index contributed by atoms with van der Waals surface area (Å²) in [6, 6.07) is 9.86. The molecule has 0 aliphatic carbocycles. The molecule has 2 aromatic heterocycles. The van der Waals surface area contributed by atoms with E-state index in [2.05, 4.69) is 20.4 Å². The predicted octanol–water partition coefficient (Wildman–Crippen LogP) is 3.62. The molecule has 9 nitrogen and oxygen atoms in total. The zero-order valence-corrected chi connectivity index (χ0v) is 15.3. The van der Waals surface area contributed by atoms with E-state index in [9.17, 15) is 9.59 Å². The third kappa shape index (κ3) is 4.70. The molecule has 1 unspecified atom stereocenters. The number of carbonyl (C=O) groups is 2. The van der Waals surface area contributed by atoms with Crippen molar-refractivity contribution in [3.63, 3.8) is 0 Å². The Hall–Kier alpha value is -3.75. The maximum Gasteiger partial charge on any atom is 0.411 e. The van der Waals surface area contributed by atoms with Gasteiger partial charge >= 0.3 is 12.1 Å². The molecular formula is C19H18N4O5. The maximum absolute atomic E-state index is 12.4. The van der Waals surface area contributed by atoms with Crippen LogP contribution in [0.15, 0.2) is 53.3 Å². The summed E-state index contributed by atoms with van der Waals surface area (Å²) in [4.78, 5) is 32.1. The van der Waals surface area contributed by atoms with E-state index in [1.54, 1.807) is 56.6 Å². The summed E-state index contributed by atoms with van der Waals surface area (Å²) in [5.41, 5.74) is 1.36. The molecule has 28 heavy (non-hydrogen) atoms. The van der Waals surface area contributed by atoms with Gasteiger partial charge < -0.3 is 14.0 Å². The molecule has 1 N–H and O–H groups in total. The highest BCUT2D eigenvalue weighted by Crippen LogP contribution is 2.21. The van der Waals surface area contributed by atoms with Crippen molar-refractivity contribution in [3.05, 3.63) is 60.2 Å². The Morgan fingerprint density at radius 3 is 2.86 bits per heavy atom. The van der Waals surface area contributed by atoms with Gasteiger partial charge in [-0.1, -0.05) is 11.2 Å². The number of hydrogen-bond donors (Lipinski definition) is 1. The minimum absolute atomic E-state index is 0.160. The highest BCUT2D eigenvalue weighted by atomic mass is 16.6. The second-order valence-electron chi connectivity index (χ2n) is 5.67. The molecule has 1 amide bonds. The fourth-order valence-corrected chi connectivity index (χ4v) is 2.30. The average Bonchev–Trinajstić information content (AvgIpc) is 3.19. The number of nitrogens with zero attached hydrogens (tertiary/aromatic N) is 3. The zero-order valence-electron chi connectivity index (χ0n) is 15.3. The van der Waals surface area contributed by atoms with Crippen LogP contribution in [0.2, 0.25) is 0 Å². The standard InChI is InChI=1S/C19H18N4O5/c1-3-26-19(25)21-15-8-4-6-13(10-15)18(24)27-12(2)17-22-16(23-28-17)14-7-5-9-20-11-14/h4-12H,3H2,1-2H3,(H,21,25). The molecule has 0 radical (unpaired) electrons. The summed E-state index contributed by atoms with van der Waals surface area (Å²) in [7, 11) is 0. The number of carbonyl (C=O) groups excluding carboxylic acids is 2. The summed E-state index contributed by atoms with van der Waals surface area (Å²) in [5, 5.41) is 6.40. The molecule has 0 saturated carbocycles. The first kappa shape index (κ1) is 19.0. The lowest BCUT2D eigenvalue weighted by molar-refractivity contribution is 0.0265. The first-order valence-corrected chi connectivity index (χ1v) is 8.55. The Labute approximate surface area is 160 Å². The first-order chi connectivity index (χ1) is 13.6. The lowest BCUT2D eigenvalue weighted by Crippen LogP contribution is -2.14. The van der Waals surface area contributed by atoms with Crippen LogP contribution in [-0.2, 0) is 9.47 Å². The van der Waals surface area contributed by atoms with E-state index in [0.717, 1.165) is 0 Å². The lowest BCUT2D eigenvalue weighted by Gasteiger charge is -2.10. The quantitative estimate of drug-likeness (QED) is 0.643. The maximum atomic E-state index is 12.4. The van der Waals surface area contributed by atoms with Gasteiger partial charge in [-0.2, -0.15) is 4.98 Å². The molecule has 3 aromatic rings. The molecule has 0 bridgehead atoms. The van der Waals surface area contributed by atoms with Crippen LogP contribution in [-0.4, -0.2) is 33.8 Å². The molecule has 0 aliphatic rings. The second-order valence-corrected chi connectivity index (χ2v) is 5.67. The van der Waals surface area contributed by atoms with Crippen molar-refractivity contribution in [2.24, 2.45) is 0 Å². The van der Waals surface area contributed by atoms with Gasteiger partial charge in [0, 0.05) is 23.6 Å². The molecule has 0 aliphatic heterocycles. The van der Waals surface area contributed by atoms with E-state index in [-0.39, 0.29) is 18.1 Å². The lowest BCUT2D eigenvalue weighted by atomic mass is 10.2. The molecule has 0 saturated heterocycles. The van der Waals surface area contributed by atoms with E-state index in [1.807, 2.05) is 0 Å². The van der Waals surface area contributed by atoms with Gasteiger partial charge in [-0.15, -0.1) is 0 Å². The van der Waals surface area contributed by atoms with Crippen LogP contribution in [0.3, 0.4) is 0 Å². The molecule has 1 aromatic carbocycles. The van der Waals surface area contributed by atoms with Crippen molar-refractivity contribution in [1.29, 1.82) is 0 Å². The van der Waals surface area contributed by atoms with Gasteiger partial charge in [0.2, 0.25) is 5.82 Å². The third-order valence-corrected chi connectivity index (χ3v) is 3.61. The number of esters is 1. The van der Waals surface area contributed by atoms with Crippen molar-refractivity contribution in [1.82, 2.24) is 15.1 Å². The van der Waals surface area contributed by atoms with Crippen molar-refractivity contribution >= 4 is 17.7 Å².